The van der Waals surface area contributed by atoms with Crippen LogP contribution in [0.2, 0.25) is 0 Å². The van der Waals surface area contributed by atoms with Gasteiger partial charge >= 0.3 is 11.9 Å². The lowest BCUT2D eigenvalue weighted by Crippen LogP contribution is -2.29. The number of fused-ring (bicyclic) bond motifs is 1. The van der Waals surface area contributed by atoms with Gasteiger partial charge in [-0.3, -0.25) is 4.79 Å². The number of aromatic amines is 1. The third kappa shape index (κ3) is 7.59. The van der Waals surface area contributed by atoms with Crippen molar-refractivity contribution in [3.8, 4) is 0 Å². The quantitative estimate of drug-likeness (QED) is 0.426. The van der Waals surface area contributed by atoms with Gasteiger partial charge in [0.1, 0.15) is 0 Å². The van der Waals surface area contributed by atoms with Gasteiger partial charge in [0.25, 0.3) is 0 Å². The van der Waals surface area contributed by atoms with Gasteiger partial charge in [-0.05, 0) is 56.6 Å². The molecule has 1 atom stereocenters. The molecule has 0 spiro atoms. The highest BCUT2D eigenvalue weighted by Gasteiger charge is 2.25. The molecule has 1 saturated heterocycles. The largest absolute Gasteiger partial charge is 0.481 e. The fourth-order valence-electron chi connectivity index (χ4n) is 3.39. The Labute approximate surface area is 187 Å². The molecular formula is C21H31N3O7S. The second-order valence-corrected chi connectivity index (χ2v) is 10.0. The molecule has 10 nitrogen and oxygen atoms in total. The van der Waals surface area contributed by atoms with E-state index in [2.05, 4.69) is 24.0 Å². The van der Waals surface area contributed by atoms with Crippen molar-refractivity contribution < 1.29 is 33.3 Å². The second-order valence-electron chi connectivity index (χ2n) is 8.06. The maximum Gasteiger partial charge on any atom is 0.333 e. The normalized spacial score (nSPS) is 15.5. The summed E-state index contributed by atoms with van der Waals surface area (Å²) < 4.78 is 26.6. The predicted octanol–water partition coefficient (Wildman–Crippen LogP) is 1.10. The van der Waals surface area contributed by atoms with Gasteiger partial charge in [0.05, 0.1) is 12.2 Å². The first-order valence-electron chi connectivity index (χ1n) is 10.3. The van der Waals surface area contributed by atoms with Crippen molar-refractivity contribution in [2.45, 2.75) is 37.5 Å². The summed E-state index contributed by atoms with van der Waals surface area (Å²) in [6.07, 6.45) is 2.40. The standard InChI is InChI=1S/C17H25N3O2S.C4H6O5/c1-19(2)10-7-15-12-18-17-6-5-14(11-16(15)17)13-23(21,22)20-8-3-4-9-20;5-2(4(8)9)1-3(6)7/h5-6,11-12,18H,3-4,7-10,13H2,1-2H3;2,5H,1H2,(H,6,7)(H,8,9)/t;2-/m.1/s1. The number of aromatic nitrogens is 1. The molecule has 1 aromatic carbocycles. The van der Waals surface area contributed by atoms with E-state index in [4.69, 9.17) is 15.3 Å². The number of aliphatic carboxylic acids is 2. The summed E-state index contributed by atoms with van der Waals surface area (Å²) in [4.78, 5) is 24.8. The Kier molecular flexibility index (Phi) is 9.20. The number of likely N-dealkylation sites (N-methyl/N-ethyl adjacent to an activating group) is 1. The van der Waals surface area contributed by atoms with Gasteiger partial charge in [0.2, 0.25) is 10.0 Å². The summed E-state index contributed by atoms with van der Waals surface area (Å²) in [5.41, 5.74) is 3.19. The minimum Gasteiger partial charge on any atom is -0.481 e. The van der Waals surface area contributed by atoms with Crippen LogP contribution < -0.4 is 0 Å². The lowest BCUT2D eigenvalue weighted by atomic mass is 10.1. The third-order valence-corrected chi connectivity index (χ3v) is 6.97. The van der Waals surface area contributed by atoms with E-state index in [0.717, 1.165) is 42.3 Å². The summed E-state index contributed by atoms with van der Waals surface area (Å²) >= 11 is 0. The molecule has 0 radical (unpaired) electrons. The number of benzene rings is 1. The number of aliphatic hydroxyl groups is 1. The number of carboxylic acids is 2. The third-order valence-electron chi connectivity index (χ3n) is 5.12. The zero-order chi connectivity index (χ0) is 23.9. The molecule has 32 heavy (non-hydrogen) atoms. The maximum atomic E-state index is 12.5. The van der Waals surface area contributed by atoms with Crippen LogP contribution in [-0.4, -0.2) is 89.7 Å². The van der Waals surface area contributed by atoms with Crippen molar-refractivity contribution >= 4 is 32.9 Å². The summed E-state index contributed by atoms with van der Waals surface area (Å²) in [6.45, 7) is 2.31. The van der Waals surface area contributed by atoms with Crippen molar-refractivity contribution in [3.63, 3.8) is 0 Å². The second kappa shape index (κ2) is 11.4. The monoisotopic (exact) mass is 469 g/mol. The number of nitrogens with zero attached hydrogens (tertiary/aromatic N) is 2. The van der Waals surface area contributed by atoms with Gasteiger partial charge < -0.3 is 25.2 Å². The maximum absolute atomic E-state index is 12.5. The fraction of sp³-hybridized carbons (Fsp3) is 0.524. The molecule has 1 fully saturated rings. The van der Waals surface area contributed by atoms with Crippen molar-refractivity contribution in [3.05, 3.63) is 35.5 Å². The van der Waals surface area contributed by atoms with E-state index in [0.29, 0.717) is 13.1 Å². The summed E-state index contributed by atoms with van der Waals surface area (Å²) in [5.74, 6) is -2.75. The first-order chi connectivity index (χ1) is 15.0. The minimum atomic E-state index is -3.19. The van der Waals surface area contributed by atoms with Crippen LogP contribution in [0, 0.1) is 0 Å². The van der Waals surface area contributed by atoms with Crippen LogP contribution in [-0.2, 0) is 31.8 Å². The van der Waals surface area contributed by atoms with E-state index in [9.17, 15) is 18.0 Å². The lowest BCUT2D eigenvalue weighted by molar-refractivity contribution is -0.152. The molecule has 4 N–H and O–H groups in total. The van der Waals surface area contributed by atoms with Crippen LogP contribution >= 0.6 is 0 Å². The van der Waals surface area contributed by atoms with Gasteiger partial charge in [-0.25, -0.2) is 17.5 Å². The first-order valence-corrected chi connectivity index (χ1v) is 11.9. The first kappa shape index (κ1) is 25.8. The zero-order valence-electron chi connectivity index (χ0n) is 18.3. The van der Waals surface area contributed by atoms with E-state index < -0.39 is 34.5 Å². The molecule has 1 aliphatic rings. The van der Waals surface area contributed by atoms with Crippen LogP contribution in [0.3, 0.4) is 0 Å². The summed E-state index contributed by atoms with van der Waals surface area (Å²) in [5, 5.41) is 25.3. The van der Waals surface area contributed by atoms with E-state index in [1.807, 2.05) is 24.4 Å². The van der Waals surface area contributed by atoms with Crippen LogP contribution in [0.25, 0.3) is 10.9 Å². The highest BCUT2D eigenvalue weighted by Crippen LogP contribution is 2.23. The molecule has 0 saturated carbocycles. The Bertz CT molecular complexity index is 1030. The molecule has 1 aliphatic heterocycles. The van der Waals surface area contributed by atoms with E-state index >= 15 is 0 Å². The Morgan fingerprint density at radius 2 is 1.84 bits per heavy atom. The summed E-state index contributed by atoms with van der Waals surface area (Å²) in [6, 6.07) is 5.94. The minimum absolute atomic E-state index is 0.0985. The van der Waals surface area contributed by atoms with E-state index in [-0.39, 0.29) is 5.75 Å². The van der Waals surface area contributed by atoms with Crippen molar-refractivity contribution in [2.75, 3.05) is 33.7 Å². The van der Waals surface area contributed by atoms with Crippen molar-refractivity contribution in [1.82, 2.24) is 14.2 Å². The van der Waals surface area contributed by atoms with E-state index in [1.165, 1.54) is 5.56 Å². The number of hydrogen-bond donors (Lipinski definition) is 4. The van der Waals surface area contributed by atoms with Crippen molar-refractivity contribution in [2.24, 2.45) is 0 Å². The van der Waals surface area contributed by atoms with Gasteiger partial charge in [0.15, 0.2) is 6.10 Å². The van der Waals surface area contributed by atoms with Gasteiger partial charge in [-0.2, -0.15) is 0 Å². The fourth-order valence-corrected chi connectivity index (χ4v) is 4.99. The molecule has 2 heterocycles. The molecule has 2 aromatic rings. The number of nitrogens with one attached hydrogen (secondary N) is 1. The highest BCUT2D eigenvalue weighted by molar-refractivity contribution is 7.88. The van der Waals surface area contributed by atoms with Gasteiger partial charge in [-0.15, -0.1) is 0 Å². The molecule has 0 amide bonds. The molecule has 0 aliphatic carbocycles. The molecule has 0 unspecified atom stereocenters. The Balaban J connectivity index is 0.000000344. The van der Waals surface area contributed by atoms with Crippen LogP contribution in [0.4, 0.5) is 0 Å². The molecule has 3 rings (SSSR count). The van der Waals surface area contributed by atoms with Crippen LogP contribution in [0.15, 0.2) is 24.4 Å². The summed E-state index contributed by atoms with van der Waals surface area (Å²) in [7, 11) is 0.928. The number of H-pyrrole nitrogens is 1. The smallest absolute Gasteiger partial charge is 0.333 e. The number of rotatable bonds is 9. The Morgan fingerprint density at radius 3 is 2.38 bits per heavy atom. The average molecular weight is 470 g/mol. The Hall–Kier alpha value is -2.47. The molecule has 178 valence electrons. The number of sulfonamides is 1. The SMILES string of the molecule is CN(C)CCc1c[nH]c2ccc(CS(=O)(=O)N3CCCC3)cc12.O=C(O)C[C@@H](O)C(=O)O. The van der Waals surface area contributed by atoms with Crippen LogP contribution in [0.1, 0.15) is 30.4 Å². The predicted molar refractivity (Wildman–Crippen MR) is 120 cm³/mol. The molecule has 0 bridgehead atoms. The molecule has 1 aromatic heterocycles. The average Bonchev–Trinajstić information content (AvgIpc) is 3.36. The van der Waals surface area contributed by atoms with Gasteiger partial charge in [0, 0.05) is 36.7 Å². The van der Waals surface area contributed by atoms with Crippen LogP contribution in [0.5, 0.6) is 0 Å². The number of hydrogen-bond acceptors (Lipinski definition) is 6. The number of aliphatic hydroxyl groups excluding tert-OH is 1. The topological polar surface area (TPSA) is 151 Å². The lowest BCUT2D eigenvalue weighted by Gasteiger charge is -2.15. The Morgan fingerprint density at radius 1 is 1.19 bits per heavy atom. The van der Waals surface area contributed by atoms with E-state index in [1.54, 1.807) is 4.31 Å². The number of carbonyl (C=O) groups is 2. The molecular weight excluding hydrogens is 438 g/mol. The highest BCUT2D eigenvalue weighted by atomic mass is 32.2. The van der Waals surface area contributed by atoms with Gasteiger partial charge in [-0.1, -0.05) is 6.07 Å². The molecule has 11 heteroatoms. The number of carboxylic acid groups (broad SMARTS) is 2. The van der Waals surface area contributed by atoms with Crippen molar-refractivity contribution in [1.29, 1.82) is 0 Å². The zero-order valence-corrected chi connectivity index (χ0v) is 19.1.